The van der Waals surface area contributed by atoms with Gasteiger partial charge in [0.15, 0.2) is 0 Å². The Morgan fingerprint density at radius 2 is 1.67 bits per heavy atom. The summed E-state index contributed by atoms with van der Waals surface area (Å²) in [5.41, 5.74) is 2.44. The van der Waals surface area contributed by atoms with E-state index in [0.717, 1.165) is 54.3 Å². The Bertz CT molecular complexity index is 1170. The monoisotopic (exact) mass is 490 g/mol. The normalized spacial score (nSPS) is 17.9. The summed E-state index contributed by atoms with van der Waals surface area (Å²) in [6, 6.07) is 9.68. The molecule has 2 saturated heterocycles. The minimum Gasteiger partial charge on any atom is -0.379 e. The maximum atomic E-state index is 13.4. The van der Waals surface area contributed by atoms with Crippen molar-refractivity contribution < 1.29 is 14.3 Å². The first kappa shape index (κ1) is 24.5. The van der Waals surface area contributed by atoms with Crippen LogP contribution in [-0.2, 0) is 9.47 Å². The van der Waals surface area contributed by atoms with Crippen LogP contribution in [0, 0.1) is 0 Å². The van der Waals surface area contributed by atoms with Crippen LogP contribution in [0.5, 0.6) is 0 Å². The highest BCUT2D eigenvalue weighted by molar-refractivity contribution is 6.06. The van der Waals surface area contributed by atoms with Gasteiger partial charge in [-0.2, -0.15) is 0 Å². The third-order valence-corrected chi connectivity index (χ3v) is 6.83. The van der Waals surface area contributed by atoms with E-state index in [4.69, 9.17) is 14.5 Å². The molecule has 2 aliphatic heterocycles. The van der Waals surface area contributed by atoms with Gasteiger partial charge in [0.05, 0.1) is 38.0 Å². The highest BCUT2D eigenvalue weighted by atomic mass is 16.5. The van der Waals surface area contributed by atoms with Crippen LogP contribution in [-0.4, -0.2) is 84.9 Å². The second-order valence-electron chi connectivity index (χ2n) is 9.54. The molecule has 4 heterocycles. The van der Waals surface area contributed by atoms with Crippen molar-refractivity contribution in [3.63, 3.8) is 0 Å². The van der Waals surface area contributed by atoms with E-state index < -0.39 is 0 Å². The van der Waals surface area contributed by atoms with E-state index in [1.54, 1.807) is 0 Å². The van der Waals surface area contributed by atoms with Gasteiger partial charge in [0.2, 0.25) is 0 Å². The Balaban J connectivity index is 1.34. The Hall–Kier alpha value is -3.14. The van der Waals surface area contributed by atoms with Crippen molar-refractivity contribution in [3.05, 3.63) is 59.7 Å². The molecule has 9 nitrogen and oxygen atoms in total. The van der Waals surface area contributed by atoms with Gasteiger partial charge in [0.25, 0.3) is 5.91 Å². The summed E-state index contributed by atoms with van der Waals surface area (Å²) in [5.74, 6) is 1.90. The molecule has 2 aromatic heterocycles. The minimum absolute atomic E-state index is 0.0277. The molecule has 1 N–H and O–H groups in total. The maximum Gasteiger partial charge on any atom is 0.252 e. The Labute approximate surface area is 211 Å². The fraction of sp³-hybridized carbons (Fsp3) is 0.481. The van der Waals surface area contributed by atoms with Crippen LogP contribution in [0.4, 0.5) is 5.82 Å². The maximum absolute atomic E-state index is 13.4. The number of amides is 1. The molecular weight excluding hydrogens is 456 g/mol. The number of fused-ring (bicyclic) bond motifs is 1. The van der Waals surface area contributed by atoms with Crippen molar-refractivity contribution >= 4 is 22.6 Å². The number of ether oxygens (including phenoxy) is 2. The van der Waals surface area contributed by atoms with Crippen molar-refractivity contribution in [1.29, 1.82) is 0 Å². The number of benzene rings is 1. The number of hydrogen-bond donors (Lipinski definition) is 1. The summed E-state index contributed by atoms with van der Waals surface area (Å²) >= 11 is 0. The van der Waals surface area contributed by atoms with Gasteiger partial charge in [0.1, 0.15) is 11.6 Å². The molecule has 1 aromatic carbocycles. The molecule has 5 rings (SSSR count). The van der Waals surface area contributed by atoms with Crippen LogP contribution in [0.2, 0.25) is 0 Å². The van der Waals surface area contributed by atoms with Crippen molar-refractivity contribution in [2.45, 2.75) is 25.8 Å². The molecule has 3 aromatic rings. The quantitative estimate of drug-likeness (QED) is 0.541. The molecule has 0 aliphatic carbocycles. The lowest BCUT2D eigenvalue weighted by Crippen LogP contribution is -2.44. The van der Waals surface area contributed by atoms with E-state index in [1.807, 2.05) is 42.7 Å². The van der Waals surface area contributed by atoms with E-state index in [-0.39, 0.29) is 17.9 Å². The molecule has 1 unspecified atom stereocenters. The lowest BCUT2D eigenvalue weighted by atomic mass is 10.1. The third kappa shape index (κ3) is 5.48. The molecule has 0 radical (unpaired) electrons. The number of pyridine rings is 1. The largest absolute Gasteiger partial charge is 0.379 e. The fourth-order valence-corrected chi connectivity index (χ4v) is 4.76. The summed E-state index contributed by atoms with van der Waals surface area (Å²) < 4.78 is 11.0. The highest BCUT2D eigenvalue weighted by Gasteiger charge is 2.25. The highest BCUT2D eigenvalue weighted by Crippen LogP contribution is 2.24. The lowest BCUT2D eigenvalue weighted by Gasteiger charge is -2.34. The van der Waals surface area contributed by atoms with Crippen LogP contribution in [0.15, 0.2) is 42.7 Å². The number of hydrogen-bond acceptors (Lipinski definition) is 8. The molecule has 190 valence electrons. The SMILES string of the molecule is CC(C)c1ncc(C(CNC(=O)c2cccc3nc(N4CCOCC4)ccc23)N2CCOCC2)cn1. The van der Waals surface area contributed by atoms with E-state index in [1.165, 1.54) is 0 Å². The molecule has 1 amide bonds. The van der Waals surface area contributed by atoms with Crippen LogP contribution in [0.3, 0.4) is 0 Å². The van der Waals surface area contributed by atoms with Gasteiger partial charge in [-0.1, -0.05) is 19.9 Å². The first-order valence-electron chi connectivity index (χ1n) is 12.7. The Kier molecular flexibility index (Phi) is 7.69. The van der Waals surface area contributed by atoms with Crippen molar-refractivity contribution in [2.75, 3.05) is 64.1 Å². The number of nitrogens with zero attached hydrogens (tertiary/aromatic N) is 5. The average Bonchev–Trinajstić information content (AvgIpc) is 2.93. The van der Waals surface area contributed by atoms with Crippen molar-refractivity contribution in [2.24, 2.45) is 0 Å². The molecule has 9 heteroatoms. The number of aromatic nitrogens is 3. The first-order valence-corrected chi connectivity index (χ1v) is 12.7. The third-order valence-electron chi connectivity index (χ3n) is 6.83. The number of rotatable bonds is 7. The zero-order chi connectivity index (χ0) is 24.9. The molecular formula is C27H34N6O3. The van der Waals surface area contributed by atoms with Crippen molar-refractivity contribution in [3.8, 4) is 0 Å². The van der Waals surface area contributed by atoms with Crippen LogP contribution < -0.4 is 10.2 Å². The second kappa shape index (κ2) is 11.3. The van der Waals surface area contributed by atoms with E-state index in [2.05, 4.69) is 38.9 Å². The zero-order valence-electron chi connectivity index (χ0n) is 21.0. The molecule has 2 aliphatic rings. The predicted molar refractivity (Wildman–Crippen MR) is 138 cm³/mol. The van der Waals surface area contributed by atoms with Crippen LogP contribution in [0.25, 0.3) is 10.9 Å². The summed E-state index contributed by atoms with van der Waals surface area (Å²) in [4.78, 5) is 31.9. The Morgan fingerprint density at radius 3 is 2.36 bits per heavy atom. The fourth-order valence-electron chi connectivity index (χ4n) is 4.76. The van der Waals surface area contributed by atoms with Gasteiger partial charge in [-0.15, -0.1) is 0 Å². The van der Waals surface area contributed by atoms with Gasteiger partial charge in [-0.3, -0.25) is 9.69 Å². The van der Waals surface area contributed by atoms with Gasteiger partial charge in [-0.25, -0.2) is 15.0 Å². The average molecular weight is 491 g/mol. The smallest absolute Gasteiger partial charge is 0.252 e. The van der Waals surface area contributed by atoms with Gasteiger partial charge >= 0.3 is 0 Å². The predicted octanol–water partition coefficient (Wildman–Crippen LogP) is 2.79. The van der Waals surface area contributed by atoms with Gasteiger partial charge < -0.3 is 19.7 Å². The van der Waals surface area contributed by atoms with E-state index in [0.29, 0.717) is 38.5 Å². The molecule has 1 atom stereocenters. The molecule has 36 heavy (non-hydrogen) atoms. The molecule has 2 fully saturated rings. The van der Waals surface area contributed by atoms with Crippen molar-refractivity contribution in [1.82, 2.24) is 25.2 Å². The summed E-state index contributed by atoms with van der Waals surface area (Å²) in [5, 5.41) is 4.02. The number of carbonyl (C=O) groups excluding carboxylic acids is 1. The number of nitrogens with one attached hydrogen (secondary N) is 1. The second-order valence-corrected chi connectivity index (χ2v) is 9.54. The molecule has 0 bridgehead atoms. The Morgan fingerprint density at radius 1 is 0.972 bits per heavy atom. The summed E-state index contributed by atoms with van der Waals surface area (Å²) in [6.45, 7) is 10.6. The lowest BCUT2D eigenvalue weighted by molar-refractivity contribution is 0.0161. The minimum atomic E-state index is -0.112. The number of anilines is 1. The summed E-state index contributed by atoms with van der Waals surface area (Å²) in [6.07, 6.45) is 3.78. The first-order chi connectivity index (χ1) is 17.6. The topological polar surface area (TPSA) is 92.7 Å². The summed E-state index contributed by atoms with van der Waals surface area (Å²) in [7, 11) is 0. The van der Waals surface area contributed by atoms with Gasteiger partial charge in [0, 0.05) is 67.5 Å². The van der Waals surface area contributed by atoms with Crippen LogP contribution >= 0.6 is 0 Å². The van der Waals surface area contributed by atoms with E-state index in [9.17, 15) is 4.79 Å². The van der Waals surface area contributed by atoms with Crippen LogP contribution in [0.1, 0.15) is 47.6 Å². The number of carbonyl (C=O) groups is 1. The zero-order valence-corrected chi connectivity index (χ0v) is 21.0. The van der Waals surface area contributed by atoms with Gasteiger partial charge in [-0.05, 0) is 24.3 Å². The molecule has 0 saturated carbocycles. The number of morpholine rings is 2. The standard InChI is InChI=1S/C27H34N6O3/c1-19(2)26-28-16-20(17-29-26)24(32-8-12-35-13-9-32)18-30-27(34)22-4-3-5-23-21(22)6-7-25(31-23)33-10-14-36-15-11-33/h3-7,16-17,19,24H,8-15,18H2,1-2H3,(H,30,34). The van der Waals surface area contributed by atoms with E-state index >= 15 is 0 Å². The molecule has 0 spiro atoms.